The molecule has 0 aliphatic rings. The first-order valence-corrected chi connectivity index (χ1v) is 6.32. The number of halogens is 1. The standard InChI is InChI=1S/C16H23N.BrH/c1-6-9-16(17(4)5)15-11-10-13(7-2)12-14(15)8-3;/h7-8,10-12,16H,2-3,6,9H2,1,4-5H3;1H. The molecule has 1 N–H and O–H groups in total. The van der Waals surface area contributed by atoms with E-state index in [0.717, 1.165) is 5.56 Å². The van der Waals surface area contributed by atoms with Crippen LogP contribution in [0.3, 0.4) is 0 Å². The third-order valence-electron chi connectivity index (χ3n) is 3.22. The van der Waals surface area contributed by atoms with Crippen molar-refractivity contribution in [3.8, 4) is 0 Å². The summed E-state index contributed by atoms with van der Waals surface area (Å²) in [5.74, 6) is 0. The van der Waals surface area contributed by atoms with Gasteiger partial charge in [0.15, 0.2) is 0 Å². The monoisotopic (exact) mass is 309 g/mol. The van der Waals surface area contributed by atoms with E-state index in [9.17, 15) is 0 Å². The maximum Gasteiger partial charge on any atom is 0.113 e. The molecular formula is C16H24BrN. The maximum atomic E-state index is 3.93. The molecule has 0 aliphatic heterocycles. The highest BCUT2D eigenvalue weighted by Gasteiger charge is 2.18. The molecule has 0 spiro atoms. The van der Waals surface area contributed by atoms with Gasteiger partial charge in [0.25, 0.3) is 0 Å². The van der Waals surface area contributed by atoms with E-state index in [0.29, 0.717) is 6.04 Å². The predicted molar refractivity (Wildman–Crippen MR) is 77.1 cm³/mol. The fourth-order valence-electron chi connectivity index (χ4n) is 2.26. The molecule has 0 aliphatic carbocycles. The summed E-state index contributed by atoms with van der Waals surface area (Å²) in [6.45, 7) is 9.98. The largest absolute Gasteiger partial charge is 1.00 e. The van der Waals surface area contributed by atoms with Crippen molar-refractivity contribution in [1.29, 1.82) is 0 Å². The average Bonchev–Trinajstić information content (AvgIpc) is 2.35. The predicted octanol–water partition coefficient (Wildman–Crippen LogP) is -0.0377. The van der Waals surface area contributed by atoms with E-state index in [1.807, 2.05) is 12.2 Å². The van der Waals surface area contributed by atoms with Crippen molar-refractivity contribution in [2.24, 2.45) is 0 Å². The first-order chi connectivity index (χ1) is 8.13. The van der Waals surface area contributed by atoms with Crippen LogP contribution in [0, 0.1) is 0 Å². The van der Waals surface area contributed by atoms with Gasteiger partial charge in [-0.1, -0.05) is 50.8 Å². The van der Waals surface area contributed by atoms with Gasteiger partial charge >= 0.3 is 0 Å². The summed E-state index contributed by atoms with van der Waals surface area (Å²) in [5, 5.41) is 0. The summed E-state index contributed by atoms with van der Waals surface area (Å²) in [6.07, 6.45) is 6.24. The average molecular weight is 310 g/mol. The second-order valence-electron chi connectivity index (χ2n) is 4.72. The van der Waals surface area contributed by atoms with Crippen LogP contribution in [-0.4, -0.2) is 14.1 Å². The van der Waals surface area contributed by atoms with Crippen LogP contribution in [0.5, 0.6) is 0 Å². The highest BCUT2D eigenvalue weighted by atomic mass is 79.9. The number of benzene rings is 1. The van der Waals surface area contributed by atoms with Gasteiger partial charge in [0.05, 0.1) is 14.1 Å². The smallest absolute Gasteiger partial charge is 0.113 e. The van der Waals surface area contributed by atoms with Crippen LogP contribution in [0.1, 0.15) is 42.5 Å². The zero-order valence-electron chi connectivity index (χ0n) is 11.7. The minimum atomic E-state index is 0. The van der Waals surface area contributed by atoms with E-state index in [-0.39, 0.29) is 17.0 Å². The van der Waals surface area contributed by atoms with Gasteiger partial charge in [-0.25, -0.2) is 0 Å². The molecule has 0 heterocycles. The number of hydrogen-bond donors (Lipinski definition) is 1. The fraction of sp³-hybridized carbons (Fsp3) is 0.375. The van der Waals surface area contributed by atoms with Gasteiger partial charge in [0, 0.05) is 12.0 Å². The van der Waals surface area contributed by atoms with Crippen molar-refractivity contribution in [2.45, 2.75) is 25.8 Å². The molecule has 1 aromatic rings. The third kappa shape index (κ3) is 4.11. The normalized spacial score (nSPS) is 11.8. The number of hydrogen-bond acceptors (Lipinski definition) is 0. The molecule has 18 heavy (non-hydrogen) atoms. The topological polar surface area (TPSA) is 4.44 Å². The Kier molecular flexibility index (Phi) is 7.88. The van der Waals surface area contributed by atoms with Crippen LogP contribution in [0.2, 0.25) is 0 Å². The van der Waals surface area contributed by atoms with Crippen molar-refractivity contribution in [2.75, 3.05) is 14.1 Å². The van der Waals surface area contributed by atoms with Crippen LogP contribution < -0.4 is 21.9 Å². The van der Waals surface area contributed by atoms with Gasteiger partial charge in [-0.15, -0.1) is 0 Å². The molecule has 2 heteroatoms. The van der Waals surface area contributed by atoms with E-state index in [4.69, 9.17) is 0 Å². The number of nitrogens with one attached hydrogen (secondary N) is 1. The lowest BCUT2D eigenvalue weighted by atomic mass is 9.94. The Morgan fingerprint density at radius 1 is 1.22 bits per heavy atom. The zero-order chi connectivity index (χ0) is 12.8. The Labute approximate surface area is 122 Å². The minimum absolute atomic E-state index is 0. The van der Waals surface area contributed by atoms with Crippen LogP contribution in [0.25, 0.3) is 12.2 Å². The van der Waals surface area contributed by atoms with E-state index >= 15 is 0 Å². The van der Waals surface area contributed by atoms with Crippen LogP contribution in [0.15, 0.2) is 31.4 Å². The third-order valence-corrected chi connectivity index (χ3v) is 3.22. The minimum Gasteiger partial charge on any atom is -1.00 e. The highest BCUT2D eigenvalue weighted by Crippen LogP contribution is 2.22. The molecule has 0 bridgehead atoms. The first kappa shape index (κ1) is 17.1. The summed E-state index contributed by atoms with van der Waals surface area (Å²) >= 11 is 0. The number of quaternary nitrogens is 1. The van der Waals surface area contributed by atoms with Crippen molar-refractivity contribution >= 4 is 12.2 Å². The van der Waals surface area contributed by atoms with Crippen LogP contribution in [0.4, 0.5) is 0 Å². The fourth-order valence-corrected chi connectivity index (χ4v) is 2.26. The van der Waals surface area contributed by atoms with Crippen molar-refractivity contribution in [1.82, 2.24) is 0 Å². The van der Waals surface area contributed by atoms with Crippen LogP contribution in [-0.2, 0) is 0 Å². The van der Waals surface area contributed by atoms with Crippen molar-refractivity contribution in [3.05, 3.63) is 48.0 Å². The van der Waals surface area contributed by atoms with E-state index in [1.54, 1.807) is 0 Å². The highest BCUT2D eigenvalue weighted by molar-refractivity contribution is 5.59. The number of rotatable bonds is 6. The van der Waals surface area contributed by atoms with Crippen molar-refractivity contribution < 1.29 is 21.9 Å². The molecule has 1 rings (SSSR count). The molecule has 1 aromatic carbocycles. The molecule has 0 saturated heterocycles. The second kappa shape index (κ2) is 8.28. The van der Waals surface area contributed by atoms with Gasteiger partial charge in [-0.2, -0.15) is 0 Å². The first-order valence-electron chi connectivity index (χ1n) is 6.32. The molecule has 100 valence electrons. The Hall–Kier alpha value is -0.860. The Bertz CT molecular complexity index is 396. The van der Waals surface area contributed by atoms with Gasteiger partial charge in [-0.3, -0.25) is 0 Å². The lowest BCUT2D eigenvalue weighted by Gasteiger charge is -2.23. The summed E-state index contributed by atoms with van der Waals surface area (Å²) in [4.78, 5) is 1.47. The molecule has 1 nitrogen and oxygen atoms in total. The summed E-state index contributed by atoms with van der Waals surface area (Å²) in [6, 6.07) is 7.08. The Morgan fingerprint density at radius 2 is 1.89 bits per heavy atom. The molecule has 0 fully saturated rings. The molecule has 0 aromatic heterocycles. The summed E-state index contributed by atoms with van der Waals surface area (Å²) in [7, 11) is 4.43. The van der Waals surface area contributed by atoms with Gasteiger partial charge in [0.1, 0.15) is 6.04 Å². The molecule has 0 radical (unpaired) electrons. The molecule has 0 saturated carbocycles. The molecule has 1 atom stereocenters. The zero-order valence-corrected chi connectivity index (χ0v) is 13.3. The van der Waals surface area contributed by atoms with Crippen LogP contribution >= 0.6 is 0 Å². The molecular weight excluding hydrogens is 286 g/mol. The van der Waals surface area contributed by atoms with Gasteiger partial charge < -0.3 is 21.9 Å². The summed E-state index contributed by atoms with van der Waals surface area (Å²) in [5.41, 5.74) is 3.79. The van der Waals surface area contributed by atoms with E-state index in [1.165, 1.54) is 28.9 Å². The Morgan fingerprint density at radius 3 is 2.33 bits per heavy atom. The maximum absolute atomic E-state index is 3.93. The second-order valence-corrected chi connectivity index (χ2v) is 4.72. The summed E-state index contributed by atoms with van der Waals surface area (Å²) < 4.78 is 0. The molecule has 1 unspecified atom stereocenters. The molecule has 0 amide bonds. The van der Waals surface area contributed by atoms with Gasteiger partial charge in [-0.05, 0) is 17.2 Å². The quantitative estimate of drug-likeness (QED) is 0.752. The lowest BCUT2D eigenvalue weighted by molar-refractivity contribution is -0.892. The lowest BCUT2D eigenvalue weighted by Crippen LogP contribution is -3.06. The SMILES string of the molecule is C=Cc1ccc(C(CCC)[NH+](C)C)c(C=C)c1.[Br-]. The van der Waals surface area contributed by atoms with E-state index < -0.39 is 0 Å². The van der Waals surface area contributed by atoms with Gasteiger partial charge in [0.2, 0.25) is 0 Å². The van der Waals surface area contributed by atoms with Crippen molar-refractivity contribution in [3.63, 3.8) is 0 Å². The van der Waals surface area contributed by atoms with E-state index in [2.05, 4.69) is 52.4 Å². The Balaban J connectivity index is 0.00000289.